The van der Waals surface area contributed by atoms with Gasteiger partial charge in [-0.1, -0.05) is 0 Å². The first-order valence-corrected chi connectivity index (χ1v) is 8.83. The smallest absolute Gasteiger partial charge is 0.260 e. The number of piperidine rings is 1. The van der Waals surface area contributed by atoms with Crippen LogP contribution in [0.4, 0.5) is 11.5 Å². The molecule has 0 radical (unpaired) electrons. The van der Waals surface area contributed by atoms with Crippen LogP contribution in [-0.4, -0.2) is 36.1 Å². The van der Waals surface area contributed by atoms with E-state index in [-0.39, 0.29) is 5.54 Å². The second-order valence-corrected chi connectivity index (χ2v) is 7.44. The van der Waals surface area contributed by atoms with Crippen molar-refractivity contribution in [2.45, 2.75) is 32.2 Å². The van der Waals surface area contributed by atoms with Gasteiger partial charge in [-0.3, -0.25) is 4.79 Å². The molecule has 1 fully saturated rings. The number of fused-ring (bicyclic) bond motifs is 1. The average Bonchev–Trinajstić information content (AvgIpc) is 2.85. The van der Waals surface area contributed by atoms with Crippen LogP contribution >= 0.6 is 11.3 Å². The maximum atomic E-state index is 11.6. The van der Waals surface area contributed by atoms with Gasteiger partial charge in [0.05, 0.1) is 17.7 Å². The van der Waals surface area contributed by atoms with Gasteiger partial charge in [-0.25, -0.2) is 4.98 Å². The van der Waals surface area contributed by atoms with Crippen LogP contribution < -0.4 is 26.8 Å². The number of carbonyl (C=O) groups excluding carboxylic acids is 1. The van der Waals surface area contributed by atoms with Crippen molar-refractivity contribution in [3.8, 4) is 5.75 Å². The largest absolute Gasteiger partial charge is 0.493 e. The quantitative estimate of drug-likeness (QED) is 0.772. The summed E-state index contributed by atoms with van der Waals surface area (Å²) in [4.78, 5) is 19.5. The number of primary amides is 1. The molecular formula is C16H23N5O2S. The minimum Gasteiger partial charge on any atom is -0.493 e. The maximum absolute atomic E-state index is 11.6. The van der Waals surface area contributed by atoms with Crippen molar-refractivity contribution in [3.63, 3.8) is 0 Å². The molecule has 0 bridgehead atoms. The Hall–Kier alpha value is -2.06. The minimum absolute atomic E-state index is 0.129. The van der Waals surface area contributed by atoms with Crippen LogP contribution in [0.5, 0.6) is 5.75 Å². The van der Waals surface area contributed by atoms with Crippen LogP contribution in [0.15, 0.2) is 6.07 Å². The molecule has 7 nitrogen and oxygen atoms in total. The molecule has 3 rings (SSSR count). The fourth-order valence-electron chi connectivity index (χ4n) is 2.94. The summed E-state index contributed by atoms with van der Waals surface area (Å²) in [5.74, 6) is 0.912. The van der Waals surface area contributed by atoms with Crippen molar-refractivity contribution in [1.29, 1.82) is 0 Å². The van der Waals surface area contributed by atoms with Crippen LogP contribution in [0.1, 0.15) is 36.4 Å². The summed E-state index contributed by atoms with van der Waals surface area (Å²) >= 11 is 1.21. The number of pyridine rings is 1. The predicted molar refractivity (Wildman–Crippen MR) is 97.8 cm³/mol. The predicted octanol–water partition coefficient (Wildman–Crippen LogP) is 1.69. The van der Waals surface area contributed by atoms with E-state index in [1.165, 1.54) is 11.3 Å². The Kier molecular flexibility index (Phi) is 4.27. The van der Waals surface area contributed by atoms with E-state index >= 15 is 0 Å². The van der Waals surface area contributed by atoms with Crippen LogP contribution in [0.2, 0.25) is 0 Å². The third-order valence-electron chi connectivity index (χ3n) is 4.40. The van der Waals surface area contributed by atoms with Gasteiger partial charge in [0.15, 0.2) is 0 Å². The summed E-state index contributed by atoms with van der Waals surface area (Å²) in [5, 5.41) is 0.667. The highest BCUT2D eigenvalue weighted by atomic mass is 32.1. The van der Waals surface area contributed by atoms with Gasteiger partial charge in [0, 0.05) is 24.7 Å². The molecule has 0 spiro atoms. The number of nitrogens with zero attached hydrogens (tertiary/aromatic N) is 2. The minimum atomic E-state index is -0.545. The first-order chi connectivity index (χ1) is 11.3. The van der Waals surface area contributed by atoms with Gasteiger partial charge in [-0.2, -0.15) is 0 Å². The van der Waals surface area contributed by atoms with Crippen molar-refractivity contribution < 1.29 is 9.53 Å². The van der Waals surface area contributed by atoms with Gasteiger partial charge in [0.25, 0.3) is 5.91 Å². The fourth-order valence-corrected chi connectivity index (χ4v) is 3.89. The Balaban J connectivity index is 2.05. The molecule has 2 aromatic heterocycles. The number of nitrogens with two attached hydrogens (primary N) is 3. The van der Waals surface area contributed by atoms with E-state index in [4.69, 9.17) is 21.9 Å². The molecule has 0 atom stereocenters. The first kappa shape index (κ1) is 16.8. The lowest BCUT2D eigenvalue weighted by Crippen LogP contribution is -2.48. The van der Waals surface area contributed by atoms with Gasteiger partial charge >= 0.3 is 0 Å². The van der Waals surface area contributed by atoms with E-state index < -0.39 is 5.91 Å². The Morgan fingerprint density at radius 2 is 2.12 bits per heavy atom. The molecule has 8 heteroatoms. The number of thiophene rings is 1. The van der Waals surface area contributed by atoms with Gasteiger partial charge in [-0.15, -0.1) is 11.3 Å². The van der Waals surface area contributed by atoms with Crippen LogP contribution in [0, 0.1) is 0 Å². The summed E-state index contributed by atoms with van der Waals surface area (Å²) in [6, 6.07) is 1.89. The number of aromatic nitrogens is 1. The summed E-state index contributed by atoms with van der Waals surface area (Å²) < 4.78 is 5.75. The molecule has 1 aliphatic heterocycles. The second-order valence-electron chi connectivity index (χ2n) is 6.44. The highest BCUT2D eigenvalue weighted by molar-refractivity contribution is 7.21. The van der Waals surface area contributed by atoms with E-state index in [0.29, 0.717) is 33.1 Å². The molecule has 2 aromatic rings. The number of anilines is 2. The van der Waals surface area contributed by atoms with Crippen LogP contribution in [0.3, 0.4) is 0 Å². The number of hydrogen-bond donors (Lipinski definition) is 3. The molecule has 1 saturated heterocycles. The van der Waals surface area contributed by atoms with Crippen molar-refractivity contribution >= 4 is 39.0 Å². The van der Waals surface area contributed by atoms with Crippen molar-refractivity contribution in [3.05, 3.63) is 10.9 Å². The molecular weight excluding hydrogens is 326 g/mol. The van der Waals surface area contributed by atoms with Crippen molar-refractivity contribution in [2.24, 2.45) is 11.5 Å². The molecule has 0 saturated carbocycles. The lowest BCUT2D eigenvalue weighted by molar-refractivity contribution is 0.100. The van der Waals surface area contributed by atoms with E-state index in [9.17, 15) is 4.79 Å². The SMILES string of the molecule is CCOc1cc(N2CCC(C)(N)CC2)nc2sc(C(N)=O)c(N)c12. The number of ether oxygens (including phenoxy) is 1. The fraction of sp³-hybridized carbons (Fsp3) is 0.500. The summed E-state index contributed by atoms with van der Waals surface area (Å²) in [6.07, 6.45) is 1.80. The Labute approximate surface area is 144 Å². The number of hydrogen-bond acceptors (Lipinski definition) is 7. The average molecular weight is 349 g/mol. The molecule has 0 aliphatic carbocycles. The molecule has 0 aromatic carbocycles. The van der Waals surface area contributed by atoms with Crippen LogP contribution in [-0.2, 0) is 0 Å². The van der Waals surface area contributed by atoms with Crippen molar-refractivity contribution in [1.82, 2.24) is 4.98 Å². The van der Waals surface area contributed by atoms with Gasteiger partial charge < -0.3 is 26.8 Å². The Bertz CT molecular complexity index is 776. The molecule has 130 valence electrons. The third kappa shape index (κ3) is 2.99. The number of carbonyl (C=O) groups is 1. The van der Waals surface area contributed by atoms with E-state index in [1.807, 2.05) is 13.0 Å². The molecule has 1 amide bonds. The molecule has 1 aliphatic rings. The lowest BCUT2D eigenvalue weighted by Gasteiger charge is -2.37. The Morgan fingerprint density at radius 1 is 1.46 bits per heavy atom. The molecule has 3 heterocycles. The summed E-state index contributed by atoms with van der Waals surface area (Å²) in [5.41, 5.74) is 17.9. The second kappa shape index (κ2) is 6.10. The Morgan fingerprint density at radius 3 is 2.71 bits per heavy atom. The van der Waals surface area contributed by atoms with Crippen molar-refractivity contribution in [2.75, 3.05) is 30.3 Å². The van der Waals surface area contributed by atoms with Gasteiger partial charge in [0.2, 0.25) is 0 Å². The topological polar surface area (TPSA) is 120 Å². The molecule has 24 heavy (non-hydrogen) atoms. The number of nitrogen functional groups attached to an aromatic ring is 1. The lowest BCUT2D eigenvalue weighted by atomic mass is 9.91. The zero-order valence-corrected chi connectivity index (χ0v) is 14.8. The standard InChI is InChI=1S/C16H23N5O2S/c1-3-23-9-8-10(21-6-4-16(2,19)5-7-21)20-15-11(9)12(17)13(24-15)14(18)22/h8H,3-7,17,19H2,1-2H3,(H2,18,22). The summed E-state index contributed by atoms with van der Waals surface area (Å²) in [6.45, 7) is 6.15. The highest BCUT2D eigenvalue weighted by Crippen LogP contribution is 2.41. The maximum Gasteiger partial charge on any atom is 0.260 e. The first-order valence-electron chi connectivity index (χ1n) is 8.02. The normalized spacial score (nSPS) is 17.2. The third-order valence-corrected chi connectivity index (χ3v) is 5.52. The van der Waals surface area contributed by atoms with Crippen LogP contribution in [0.25, 0.3) is 10.2 Å². The van der Waals surface area contributed by atoms with E-state index in [2.05, 4.69) is 16.8 Å². The molecule has 6 N–H and O–H groups in total. The van der Waals surface area contributed by atoms with E-state index in [1.54, 1.807) is 0 Å². The summed E-state index contributed by atoms with van der Waals surface area (Å²) in [7, 11) is 0. The zero-order valence-electron chi connectivity index (χ0n) is 14.0. The van der Waals surface area contributed by atoms with Gasteiger partial charge in [-0.05, 0) is 26.7 Å². The molecule has 0 unspecified atom stereocenters. The zero-order chi connectivity index (χ0) is 17.5. The van der Waals surface area contributed by atoms with E-state index in [0.717, 1.165) is 31.7 Å². The highest BCUT2D eigenvalue weighted by Gasteiger charge is 2.28. The number of amides is 1. The van der Waals surface area contributed by atoms with Gasteiger partial charge in [0.1, 0.15) is 21.3 Å². The monoisotopic (exact) mass is 349 g/mol. The number of rotatable bonds is 4.